The third-order valence-corrected chi connectivity index (χ3v) is 9.33. The molecule has 0 atom stereocenters. The van der Waals surface area contributed by atoms with Crippen LogP contribution < -0.4 is 10.9 Å². The number of unbranched alkanes of at least 4 members (excludes halogenated alkanes) is 11. The third kappa shape index (κ3) is 11.3. The van der Waals surface area contributed by atoms with Gasteiger partial charge in [0.05, 0.1) is 38.6 Å². The molecule has 1 heterocycles. The van der Waals surface area contributed by atoms with Gasteiger partial charge < -0.3 is 15.2 Å². The number of hydrogen-bond donors (Lipinski definition) is 3. The van der Waals surface area contributed by atoms with E-state index in [0.717, 1.165) is 23.9 Å². The summed E-state index contributed by atoms with van der Waals surface area (Å²) in [7, 11) is 0. The number of aromatic nitrogens is 2. The molecule has 0 amide bonds. The zero-order valence-corrected chi connectivity index (χ0v) is 31.4. The summed E-state index contributed by atoms with van der Waals surface area (Å²) in [5.74, 6) is -0.314. The van der Waals surface area contributed by atoms with E-state index in [1.54, 1.807) is 37.3 Å². The molecule has 0 aliphatic heterocycles. The SMILES string of the molecule is CCCCCCCCCCCCCCOC(=O)c1cc(Cl)c(-n2[nH]c(Nc3ccc(Cl)cc3Cl)c(/N=N/c3ccc(O)c(C)c3)c2=O)c(Cl)c1. The number of phenolic OH excluding ortho intramolecular Hbond substituents is 1. The number of H-pyrrole nitrogens is 1. The van der Waals surface area contributed by atoms with E-state index < -0.39 is 11.5 Å². The Morgan fingerprint density at radius 3 is 2.04 bits per heavy atom. The number of nitrogens with zero attached hydrogens (tertiary/aromatic N) is 3. The summed E-state index contributed by atoms with van der Waals surface area (Å²) in [6.45, 7) is 4.25. The van der Waals surface area contributed by atoms with Gasteiger partial charge in [-0.15, -0.1) is 5.11 Å². The Bertz CT molecular complexity index is 1820. The number of anilines is 2. The monoisotopic (exact) mass is 761 g/mol. The Labute approximate surface area is 312 Å². The summed E-state index contributed by atoms with van der Waals surface area (Å²) in [5, 5.41) is 25.1. The lowest BCUT2D eigenvalue weighted by Gasteiger charge is -2.11. The number of ether oxygens (including phenoxy) is 1. The maximum absolute atomic E-state index is 13.8. The first-order valence-corrected chi connectivity index (χ1v) is 18.5. The van der Waals surface area contributed by atoms with Crippen molar-refractivity contribution in [2.45, 2.75) is 90.9 Å². The number of hydrogen-bond acceptors (Lipinski definition) is 7. The molecule has 1 aromatic heterocycles. The molecular weight excluding hydrogens is 720 g/mol. The molecule has 0 spiro atoms. The Morgan fingerprint density at radius 1 is 0.820 bits per heavy atom. The molecule has 268 valence electrons. The van der Waals surface area contributed by atoms with Crippen LogP contribution in [0.1, 0.15) is 99.9 Å². The summed E-state index contributed by atoms with van der Waals surface area (Å²) in [6, 6.07) is 12.3. The maximum atomic E-state index is 13.8. The highest BCUT2D eigenvalue weighted by molar-refractivity contribution is 6.38. The molecule has 9 nitrogen and oxygen atoms in total. The Morgan fingerprint density at radius 2 is 1.44 bits per heavy atom. The van der Waals surface area contributed by atoms with E-state index in [4.69, 9.17) is 51.1 Å². The second-order valence-electron chi connectivity index (χ2n) is 12.2. The van der Waals surface area contributed by atoms with Crippen molar-refractivity contribution >= 4 is 75.3 Å². The minimum absolute atomic E-state index is 0.0342. The van der Waals surface area contributed by atoms with Gasteiger partial charge in [0.2, 0.25) is 0 Å². The zero-order valence-electron chi connectivity index (χ0n) is 28.3. The number of benzene rings is 3. The number of nitrogens with one attached hydrogen (secondary N) is 2. The fourth-order valence-electron chi connectivity index (χ4n) is 5.39. The Balaban J connectivity index is 1.43. The average Bonchev–Trinajstić information content (AvgIpc) is 3.38. The second-order valence-corrected chi connectivity index (χ2v) is 13.9. The predicted molar refractivity (Wildman–Crippen MR) is 205 cm³/mol. The van der Waals surface area contributed by atoms with Gasteiger partial charge in [0, 0.05) is 5.02 Å². The van der Waals surface area contributed by atoms with Crippen LogP contribution in [0.15, 0.2) is 63.6 Å². The van der Waals surface area contributed by atoms with Crippen molar-refractivity contribution < 1.29 is 14.6 Å². The lowest BCUT2D eigenvalue weighted by Crippen LogP contribution is -2.16. The minimum Gasteiger partial charge on any atom is -0.508 e. The van der Waals surface area contributed by atoms with E-state index in [-0.39, 0.29) is 38.6 Å². The Kier molecular flexibility index (Phi) is 15.5. The summed E-state index contributed by atoms with van der Waals surface area (Å²) in [5.41, 5.74) is 0.947. The molecule has 0 aliphatic carbocycles. The molecule has 0 fully saturated rings. The third-order valence-electron chi connectivity index (χ3n) is 8.21. The van der Waals surface area contributed by atoms with Crippen molar-refractivity contribution in [1.82, 2.24) is 9.78 Å². The van der Waals surface area contributed by atoms with Crippen LogP contribution in [-0.2, 0) is 4.74 Å². The summed E-state index contributed by atoms with van der Waals surface area (Å²) >= 11 is 25.7. The predicted octanol–water partition coefficient (Wildman–Crippen LogP) is 12.8. The van der Waals surface area contributed by atoms with Crippen LogP contribution in [0.5, 0.6) is 5.75 Å². The molecule has 0 saturated carbocycles. The standard InChI is InChI=1S/C37H43Cl4N5O4/c1-3-4-5-6-7-8-9-10-11-12-13-14-19-50-37(49)25-21-29(40)34(30(41)22-25)46-36(48)33(44-43-27-16-18-32(47)24(2)20-27)35(45-46)42-31-17-15-26(38)23-28(31)39/h15-18,20-23,42,45,47H,3-14,19H2,1-2H3/b44-43+. The number of aromatic amines is 1. The van der Waals surface area contributed by atoms with Gasteiger partial charge in [-0.05, 0) is 67.4 Å². The van der Waals surface area contributed by atoms with Crippen molar-refractivity contribution in [3.8, 4) is 11.4 Å². The first-order valence-electron chi connectivity index (χ1n) is 17.0. The van der Waals surface area contributed by atoms with Crippen molar-refractivity contribution in [3.05, 3.63) is 90.1 Å². The normalized spacial score (nSPS) is 11.4. The van der Waals surface area contributed by atoms with Crippen LogP contribution in [0.3, 0.4) is 0 Å². The quantitative estimate of drug-likeness (QED) is 0.0499. The van der Waals surface area contributed by atoms with E-state index in [1.165, 1.54) is 76.0 Å². The highest BCUT2D eigenvalue weighted by Crippen LogP contribution is 2.35. The van der Waals surface area contributed by atoms with Gasteiger partial charge in [0.1, 0.15) is 11.4 Å². The van der Waals surface area contributed by atoms with Crippen LogP contribution in [0.2, 0.25) is 20.1 Å². The lowest BCUT2D eigenvalue weighted by molar-refractivity contribution is 0.0497. The number of carbonyl (C=O) groups excluding carboxylic acids is 1. The van der Waals surface area contributed by atoms with Gasteiger partial charge >= 0.3 is 11.5 Å². The molecule has 4 rings (SSSR count). The first kappa shape index (κ1) is 39.3. The number of halogens is 4. The topological polar surface area (TPSA) is 121 Å². The molecule has 0 radical (unpaired) electrons. The highest BCUT2D eigenvalue weighted by Gasteiger charge is 2.22. The van der Waals surface area contributed by atoms with Crippen LogP contribution in [0.4, 0.5) is 22.9 Å². The molecular formula is C37H43Cl4N5O4. The van der Waals surface area contributed by atoms with E-state index in [1.807, 2.05) is 0 Å². The summed E-state index contributed by atoms with van der Waals surface area (Å²) in [4.78, 5) is 26.6. The van der Waals surface area contributed by atoms with Crippen LogP contribution in [-0.4, -0.2) is 27.5 Å². The zero-order chi connectivity index (χ0) is 36.0. The minimum atomic E-state index is -0.636. The van der Waals surface area contributed by atoms with E-state index in [2.05, 4.69) is 27.6 Å². The largest absolute Gasteiger partial charge is 0.508 e. The van der Waals surface area contributed by atoms with Crippen molar-refractivity contribution in [3.63, 3.8) is 0 Å². The summed E-state index contributed by atoms with van der Waals surface area (Å²) in [6.07, 6.45) is 14.6. The maximum Gasteiger partial charge on any atom is 0.338 e. The Hall–Kier alpha value is -3.50. The number of azo groups is 1. The highest BCUT2D eigenvalue weighted by atomic mass is 35.5. The molecule has 0 saturated heterocycles. The molecule has 0 bridgehead atoms. The van der Waals surface area contributed by atoms with Gasteiger partial charge in [-0.2, -0.15) is 5.11 Å². The fourth-order valence-corrected chi connectivity index (χ4v) is 6.50. The number of aromatic hydroxyl groups is 1. The molecule has 13 heteroatoms. The number of carbonyl (C=O) groups is 1. The number of esters is 1. The molecule has 3 N–H and O–H groups in total. The average molecular weight is 764 g/mol. The van der Waals surface area contributed by atoms with Crippen LogP contribution in [0, 0.1) is 6.92 Å². The number of aryl methyl sites for hydroxylation is 1. The first-order chi connectivity index (χ1) is 24.1. The van der Waals surface area contributed by atoms with Crippen molar-refractivity contribution in [2.75, 3.05) is 11.9 Å². The number of rotatable bonds is 19. The summed E-state index contributed by atoms with van der Waals surface area (Å²) < 4.78 is 6.60. The fraction of sp³-hybridized carbons (Fsp3) is 0.405. The van der Waals surface area contributed by atoms with Gasteiger partial charge in [-0.25, -0.2) is 9.48 Å². The molecule has 4 aromatic rings. The van der Waals surface area contributed by atoms with Gasteiger partial charge in [-0.3, -0.25) is 9.89 Å². The van der Waals surface area contributed by atoms with E-state index >= 15 is 0 Å². The van der Waals surface area contributed by atoms with Crippen molar-refractivity contribution in [1.29, 1.82) is 0 Å². The lowest BCUT2D eigenvalue weighted by atomic mass is 10.1. The van der Waals surface area contributed by atoms with Gasteiger partial charge in [0.25, 0.3) is 0 Å². The molecule has 0 unspecified atom stereocenters. The van der Waals surface area contributed by atoms with Gasteiger partial charge in [0.15, 0.2) is 11.5 Å². The van der Waals surface area contributed by atoms with E-state index in [9.17, 15) is 14.7 Å². The molecule has 0 aliphatic rings. The van der Waals surface area contributed by atoms with Crippen LogP contribution in [0.25, 0.3) is 5.69 Å². The van der Waals surface area contributed by atoms with Crippen LogP contribution >= 0.6 is 46.4 Å². The molecule has 50 heavy (non-hydrogen) atoms. The second kappa shape index (κ2) is 19.8. The number of phenols is 1. The smallest absolute Gasteiger partial charge is 0.338 e. The van der Waals surface area contributed by atoms with Gasteiger partial charge in [-0.1, -0.05) is 124 Å². The van der Waals surface area contributed by atoms with E-state index in [0.29, 0.717) is 33.6 Å². The van der Waals surface area contributed by atoms with Crippen molar-refractivity contribution in [2.24, 2.45) is 10.2 Å². The molecule has 3 aromatic carbocycles.